The Balaban J connectivity index is 1.80. The number of ether oxygens (including phenoxy) is 2. The molecule has 0 amide bonds. The molecule has 0 aliphatic carbocycles. The van der Waals surface area contributed by atoms with Crippen molar-refractivity contribution in [3.63, 3.8) is 0 Å². The van der Waals surface area contributed by atoms with Crippen molar-refractivity contribution in [3.05, 3.63) is 52.2 Å². The van der Waals surface area contributed by atoms with Crippen molar-refractivity contribution >= 4 is 23.2 Å². The van der Waals surface area contributed by atoms with E-state index in [1.807, 2.05) is 22.9 Å². The average molecular weight is 286 g/mol. The van der Waals surface area contributed by atoms with Gasteiger partial charge >= 0.3 is 0 Å². The Morgan fingerprint density at radius 1 is 1.15 bits per heavy atom. The predicted octanol–water partition coefficient (Wildman–Crippen LogP) is 3.81. The van der Waals surface area contributed by atoms with E-state index in [1.165, 1.54) is 0 Å². The monoisotopic (exact) mass is 286 g/mol. The molecule has 0 unspecified atom stereocenters. The Morgan fingerprint density at radius 2 is 2.00 bits per heavy atom. The summed E-state index contributed by atoms with van der Waals surface area (Å²) in [5.74, 6) is 1.32. The largest absolute Gasteiger partial charge is 0.490 e. The number of carbonyl (C=O) groups excluding carboxylic acids is 1. The highest BCUT2D eigenvalue weighted by atomic mass is 32.1. The highest BCUT2D eigenvalue weighted by Crippen LogP contribution is 2.30. The van der Waals surface area contributed by atoms with Crippen molar-refractivity contribution in [2.24, 2.45) is 0 Å². The minimum atomic E-state index is -0.0353. The maximum absolute atomic E-state index is 12.1. The molecule has 1 aliphatic heterocycles. The van der Waals surface area contributed by atoms with E-state index in [1.54, 1.807) is 35.6 Å². The summed E-state index contributed by atoms with van der Waals surface area (Å²) in [7, 11) is 0. The molecule has 4 heteroatoms. The van der Waals surface area contributed by atoms with Crippen LogP contribution in [0.4, 0.5) is 0 Å². The normalized spacial score (nSPS) is 14.2. The zero-order valence-corrected chi connectivity index (χ0v) is 11.7. The molecule has 0 N–H and O–H groups in total. The van der Waals surface area contributed by atoms with Gasteiger partial charge in [-0.1, -0.05) is 6.08 Å². The van der Waals surface area contributed by atoms with Crippen molar-refractivity contribution in [1.82, 2.24) is 0 Å². The molecule has 2 heterocycles. The highest BCUT2D eigenvalue weighted by Gasteiger charge is 2.12. The number of allylic oxidation sites excluding steroid dienone is 1. The number of rotatable bonds is 3. The summed E-state index contributed by atoms with van der Waals surface area (Å²) in [5.41, 5.74) is 1.65. The summed E-state index contributed by atoms with van der Waals surface area (Å²) >= 11 is 1.61. The minimum Gasteiger partial charge on any atom is -0.490 e. The lowest BCUT2D eigenvalue weighted by atomic mass is 10.1. The standard InChI is InChI=1S/C16H14O3S/c17-14(4-2-12-6-9-20-11-12)13-3-5-15-16(10-13)19-8-1-7-18-15/h2-6,9-11H,1,7-8H2/b4-2+. The highest BCUT2D eigenvalue weighted by molar-refractivity contribution is 7.08. The van der Waals surface area contributed by atoms with Crippen LogP contribution in [0.5, 0.6) is 11.5 Å². The smallest absolute Gasteiger partial charge is 0.185 e. The molecule has 0 fully saturated rings. The maximum Gasteiger partial charge on any atom is 0.185 e. The van der Waals surface area contributed by atoms with E-state index in [0.717, 1.165) is 12.0 Å². The lowest BCUT2D eigenvalue weighted by Gasteiger charge is -2.07. The molecule has 0 radical (unpaired) electrons. The third kappa shape index (κ3) is 2.91. The predicted molar refractivity (Wildman–Crippen MR) is 79.7 cm³/mol. The molecule has 1 aliphatic rings. The number of benzene rings is 1. The van der Waals surface area contributed by atoms with Crippen LogP contribution >= 0.6 is 11.3 Å². The van der Waals surface area contributed by atoms with Crippen LogP contribution in [0.3, 0.4) is 0 Å². The van der Waals surface area contributed by atoms with Crippen LogP contribution in [0.1, 0.15) is 22.3 Å². The zero-order valence-electron chi connectivity index (χ0n) is 10.9. The number of ketones is 1. The Morgan fingerprint density at radius 3 is 2.80 bits per heavy atom. The van der Waals surface area contributed by atoms with Gasteiger partial charge < -0.3 is 9.47 Å². The van der Waals surface area contributed by atoms with Crippen LogP contribution in [-0.4, -0.2) is 19.0 Å². The second-order valence-corrected chi connectivity index (χ2v) is 5.25. The second-order valence-electron chi connectivity index (χ2n) is 4.47. The molecule has 2 aromatic rings. The topological polar surface area (TPSA) is 35.5 Å². The van der Waals surface area contributed by atoms with Crippen LogP contribution in [0, 0.1) is 0 Å². The first-order chi connectivity index (χ1) is 9.83. The molecule has 3 rings (SSSR count). The van der Waals surface area contributed by atoms with E-state index < -0.39 is 0 Å². The van der Waals surface area contributed by atoms with E-state index in [0.29, 0.717) is 30.3 Å². The third-order valence-corrected chi connectivity index (χ3v) is 3.70. The quantitative estimate of drug-likeness (QED) is 0.636. The van der Waals surface area contributed by atoms with E-state index >= 15 is 0 Å². The molecule has 3 nitrogen and oxygen atoms in total. The van der Waals surface area contributed by atoms with Crippen molar-refractivity contribution in [3.8, 4) is 11.5 Å². The summed E-state index contributed by atoms with van der Waals surface area (Å²) in [6.45, 7) is 1.27. The van der Waals surface area contributed by atoms with Crippen LogP contribution < -0.4 is 9.47 Å². The first kappa shape index (κ1) is 12.9. The number of hydrogen-bond acceptors (Lipinski definition) is 4. The Labute approximate surface area is 121 Å². The fraction of sp³-hybridized carbons (Fsp3) is 0.188. The van der Waals surface area contributed by atoms with Gasteiger partial charge in [-0.15, -0.1) is 0 Å². The van der Waals surface area contributed by atoms with Crippen molar-refractivity contribution in [2.75, 3.05) is 13.2 Å². The van der Waals surface area contributed by atoms with Crippen molar-refractivity contribution in [2.45, 2.75) is 6.42 Å². The van der Waals surface area contributed by atoms with Gasteiger partial charge in [0.1, 0.15) is 0 Å². The van der Waals surface area contributed by atoms with Crippen molar-refractivity contribution in [1.29, 1.82) is 0 Å². The number of hydrogen-bond donors (Lipinski definition) is 0. The van der Waals surface area contributed by atoms with E-state index in [9.17, 15) is 4.79 Å². The fourth-order valence-electron chi connectivity index (χ4n) is 1.95. The van der Waals surface area contributed by atoms with Gasteiger partial charge in [-0.25, -0.2) is 0 Å². The van der Waals surface area contributed by atoms with E-state index in [-0.39, 0.29) is 5.78 Å². The van der Waals surface area contributed by atoms with Crippen LogP contribution in [-0.2, 0) is 0 Å². The van der Waals surface area contributed by atoms with Crippen LogP contribution in [0.15, 0.2) is 41.1 Å². The Kier molecular flexibility index (Phi) is 3.83. The maximum atomic E-state index is 12.1. The Hall–Kier alpha value is -2.07. The summed E-state index contributed by atoms with van der Waals surface area (Å²) < 4.78 is 11.1. The molecule has 0 atom stereocenters. The van der Waals surface area contributed by atoms with E-state index in [4.69, 9.17) is 9.47 Å². The lowest BCUT2D eigenvalue weighted by Crippen LogP contribution is -1.98. The second kappa shape index (κ2) is 5.92. The molecule has 0 saturated heterocycles. The van der Waals surface area contributed by atoms with Crippen LogP contribution in [0.25, 0.3) is 6.08 Å². The van der Waals surface area contributed by atoms with Gasteiger partial charge in [0, 0.05) is 12.0 Å². The molecular formula is C16H14O3S. The van der Waals surface area contributed by atoms with Gasteiger partial charge in [-0.2, -0.15) is 11.3 Å². The average Bonchev–Trinajstić information content (AvgIpc) is 2.88. The van der Waals surface area contributed by atoms with E-state index in [2.05, 4.69) is 0 Å². The summed E-state index contributed by atoms with van der Waals surface area (Å²) in [6.07, 6.45) is 4.26. The Bertz CT molecular complexity index is 629. The molecular weight excluding hydrogens is 272 g/mol. The van der Waals surface area contributed by atoms with Crippen LogP contribution in [0.2, 0.25) is 0 Å². The lowest BCUT2D eigenvalue weighted by molar-refractivity contribution is 0.104. The van der Waals surface area contributed by atoms with Gasteiger partial charge in [-0.05, 0) is 46.7 Å². The number of thiophene rings is 1. The molecule has 0 saturated carbocycles. The third-order valence-electron chi connectivity index (χ3n) is 3.00. The van der Waals surface area contributed by atoms with Crippen molar-refractivity contribution < 1.29 is 14.3 Å². The number of carbonyl (C=O) groups is 1. The molecule has 1 aromatic heterocycles. The zero-order chi connectivity index (χ0) is 13.8. The van der Waals surface area contributed by atoms with Gasteiger partial charge in [0.15, 0.2) is 17.3 Å². The number of fused-ring (bicyclic) bond motifs is 1. The van der Waals surface area contributed by atoms with Gasteiger partial charge in [0.2, 0.25) is 0 Å². The molecule has 102 valence electrons. The molecule has 0 bridgehead atoms. The molecule has 20 heavy (non-hydrogen) atoms. The first-order valence-corrected chi connectivity index (χ1v) is 7.41. The van der Waals surface area contributed by atoms with Gasteiger partial charge in [0.25, 0.3) is 0 Å². The summed E-state index contributed by atoms with van der Waals surface area (Å²) in [4.78, 5) is 12.1. The first-order valence-electron chi connectivity index (χ1n) is 6.47. The molecule has 1 aromatic carbocycles. The molecule has 0 spiro atoms. The SMILES string of the molecule is O=C(/C=C/c1ccsc1)c1ccc2c(c1)OCCCO2. The summed E-state index contributed by atoms with van der Waals surface area (Å²) in [6, 6.07) is 7.30. The summed E-state index contributed by atoms with van der Waals surface area (Å²) in [5, 5.41) is 3.98. The fourth-order valence-corrected chi connectivity index (χ4v) is 2.58. The van der Waals surface area contributed by atoms with Gasteiger partial charge in [-0.3, -0.25) is 4.79 Å². The minimum absolute atomic E-state index is 0.0353. The van der Waals surface area contributed by atoms with Gasteiger partial charge in [0.05, 0.1) is 13.2 Å².